The van der Waals surface area contributed by atoms with Crippen LogP contribution >= 0.6 is 35.3 Å². The monoisotopic (exact) mass is 365 g/mol. The number of likely N-dealkylation sites (tertiary alicyclic amines) is 1. The lowest BCUT2D eigenvalue weighted by Gasteiger charge is -2.31. The Balaban J connectivity index is 0.00000242. The summed E-state index contributed by atoms with van der Waals surface area (Å²) in [5.41, 5.74) is 6.30. The van der Waals surface area contributed by atoms with Gasteiger partial charge in [0.15, 0.2) is 0 Å². The number of hydrogen-bond acceptors (Lipinski definition) is 4. The van der Waals surface area contributed by atoms with Crippen molar-refractivity contribution >= 4 is 47.2 Å². The van der Waals surface area contributed by atoms with Crippen molar-refractivity contribution in [1.29, 1.82) is 0 Å². The first-order valence-corrected chi connectivity index (χ1v) is 8.31. The van der Waals surface area contributed by atoms with Crippen molar-refractivity contribution in [3.8, 4) is 0 Å². The minimum atomic E-state index is -0.158. The number of hydrogen-bond donors (Lipinski definition) is 2. The van der Waals surface area contributed by atoms with Crippen LogP contribution in [0.4, 0.5) is 0 Å². The lowest BCUT2D eigenvalue weighted by atomic mass is 9.97. The van der Waals surface area contributed by atoms with Crippen molar-refractivity contribution < 1.29 is 9.59 Å². The first kappa shape index (κ1) is 19.2. The molecule has 1 aliphatic rings. The molecule has 2 rings (SSSR count). The molecular formula is C14H21Cl2N3O2S. The highest BCUT2D eigenvalue weighted by atomic mass is 35.5. The molecule has 8 heteroatoms. The number of thiophene rings is 1. The second-order valence-electron chi connectivity index (χ2n) is 5.23. The lowest BCUT2D eigenvalue weighted by Crippen LogP contribution is -2.46. The van der Waals surface area contributed by atoms with Crippen LogP contribution in [0.3, 0.4) is 0 Å². The van der Waals surface area contributed by atoms with Crippen molar-refractivity contribution in [1.82, 2.24) is 10.2 Å². The third-order valence-corrected chi connectivity index (χ3v) is 5.30. The van der Waals surface area contributed by atoms with E-state index in [4.69, 9.17) is 17.3 Å². The molecule has 0 saturated carbocycles. The Labute approximate surface area is 145 Å². The molecule has 1 atom stereocenters. The average molecular weight is 366 g/mol. The van der Waals surface area contributed by atoms with Gasteiger partial charge in [-0.2, -0.15) is 0 Å². The fraction of sp³-hybridized carbons (Fsp3) is 0.571. The molecule has 124 valence electrons. The van der Waals surface area contributed by atoms with Crippen LogP contribution in [-0.2, 0) is 4.79 Å². The zero-order valence-corrected chi connectivity index (χ0v) is 14.8. The SMILES string of the molecule is Cc1csc(C(=O)N2CCCC(C(=O)NCCN)C2)c1Cl.Cl. The quantitative estimate of drug-likeness (QED) is 0.857. The van der Waals surface area contributed by atoms with Gasteiger partial charge in [-0.05, 0) is 30.7 Å². The predicted octanol–water partition coefficient (Wildman–Crippen LogP) is 2.06. The molecule has 1 fully saturated rings. The number of piperidine rings is 1. The van der Waals surface area contributed by atoms with E-state index in [1.807, 2.05) is 12.3 Å². The summed E-state index contributed by atoms with van der Waals surface area (Å²) in [6, 6.07) is 0. The van der Waals surface area contributed by atoms with E-state index in [0.717, 1.165) is 18.4 Å². The maximum atomic E-state index is 12.5. The molecule has 0 aromatic carbocycles. The number of halogens is 2. The summed E-state index contributed by atoms with van der Waals surface area (Å²) in [6.07, 6.45) is 1.63. The normalized spacial score (nSPS) is 17.8. The third kappa shape index (κ3) is 4.35. The molecule has 2 amide bonds. The Bertz CT molecular complexity index is 536. The molecule has 1 aromatic rings. The molecule has 1 aromatic heterocycles. The zero-order valence-electron chi connectivity index (χ0n) is 12.4. The van der Waals surface area contributed by atoms with Gasteiger partial charge >= 0.3 is 0 Å². The Kier molecular flexibility index (Phi) is 7.62. The molecule has 2 heterocycles. The Morgan fingerprint density at radius 2 is 2.27 bits per heavy atom. The summed E-state index contributed by atoms with van der Waals surface area (Å²) in [6.45, 7) is 3.90. The van der Waals surface area contributed by atoms with Crippen LogP contribution in [-0.4, -0.2) is 42.9 Å². The van der Waals surface area contributed by atoms with E-state index in [1.54, 1.807) is 4.90 Å². The molecule has 1 unspecified atom stereocenters. The van der Waals surface area contributed by atoms with Crippen LogP contribution in [0.15, 0.2) is 5.38 Å². The standard InChI is InChI=1S/C14H20ClN3O2S.ClH/c1-9-8-21-12(11(9)15)14(20)18-6-2-3-10(7-18)13(19)17-5-4-16;/h8,10H,2-7,16H2,1H3,(H,17,19);1H. The summed E-state index contributed by atoms with van der Waals surface area (Å²) >= 11 is 7.52. The van der Waals surface area contributed by atoms with Crippen molar-refractivity contribution in [2.75, 3.05) is 26.2 Å². The van der Waals surface area contributed by atoms with E-state index in [0.29, 0.717) is 36.1 Å². The number of rotatable bonds is 4. The van der Waals surface area contributed by atoms with Gasteiger partial charge in [0.2, 0.25) is 5.91 Å². The highest BCUT2D eigenvalue weighted by Gasteiger charge is 2.30. The van der Waals surface area contributed by atoms with E-state index in [9.17, 15) is 9.59 Å². The predicted molar refractivity (Wildman–Crippen MR) is 92.0 cm³/mol. The molecule has 1 saturated heterocycles. The van der Waals surface area contributed by atoms with Crippen LogP contribution < -0.4 is 11.1 Å². The summed E-state index contributed by atoms with van der Waals surface area (Å²) < 4.78 is 0. The second-order valence-corrected chi connectivity index (χ2v) is 6.49. The van der Waals surface area contributed by atoms with E-state index in [-0.39, 0.29) is 30.1 Å². The molecule has 0 aliphatic carbocycles. The lowest BCUT2D eigenvalue weighted by molar-refractivity contribution is -0.126. The first-order chi connectivity index (χ1) is 10.0. The van der Waals surface area contributed by atoms with Gasteiger partial charge in [-0.25, -0.2) is 0 Å². The molecule has 0 spiro atoms. The van der Waals surface area contributed by atoms with Crippen molar-refractivity contribution in [3.05, 3.63) is 20.8 Å². The largest absolute Gasteiger partial charge is 0.355 e. The van der Waals surface area contributed by atoms with Gasteiger partial charge in [0, 0.05) is 26.2 Å². The first-order valence-electron chi connectivity index (χ1n) is 7.05. The zero-order chi connectivity index (χ0) is 15.4. The van der Waals surface area contributed by atoms with Gasteiger partial charge in [0.25, 0.3) is 5.91 Å². The van der Waals surface area contributed by atoms with E-state index in [1.165, 1.54) is 11.3 Å². The number of aryl methyl sites for hydroxylation is 1. The second kappa shape index (κ2) is 8.72. The van der Waals surface area contributed by atoms with Crippen molar-refractivity contribution in [3.63, 3.8) is 0 Å². The minimum absolute atomic E-state index is 0. The van der Waals surface area contributed by atoms with Crippen LogP contribution in [0.5, 0.6) is 0 Å². The summed E-state index contributed by atoms with van der Waals surface area (Å²) in [4.78, 5) is 26.8. The van der Waals surface area contributed by atoms with Gasteiger partial charge in [0.05, 0.1) is 10.9 Å². The average Bonchev–Trinajstić information content (AvgIpc) is 2.84. The number of nitrogens with two attached hydrogens (primary N) is 1. The molecule has 22 heavy (non-hydrogen) atoms. The molecular weight excluding hydrogens is 345 g/mol. The Hall–Kier alpha value is -0.820. The number of carbonyl (C=O) groups excluding carboxylic acids is 2. The molecule has 0 radical (unpaired) electrons. The Morgan fingerprint density at radius 3 is 2.86 bits per heavy atom. The van der Waals surface area contributed by atoms with Crippen LogP contribution in [0.2, 0.25) is 5.02 Å². The van der Waals surface area contributed by atoms with Crippen LogP contribution in [0, 0.1) is 12.8 Å². The number of carbonyl (C=O) groups is 2. The van der Waals surface area contributed by atoms with Crippen molar-refractivity contribution in [2.24, 2.45) is 11.7 Å². The molecule has 5 nitrogen and oxygen atoms in total. The fourth-order valence-corrected chi connectivity index (χ4v) is 3.67. The van der Waals surface area contributed by atoms with Gasteiger partial charge < -0.3 is 16.0 Å². The van der Waals surface area contributed by atoms with Crippen LogP contribution in [0.1, 0.15) is 28.1 Å². The van der Waals surface area contributed by atoms with Gasteiger partial charge in [-0.15, -0.1) is 23.7 Å². The fourth-order valence-electron chi connectivity index (χ4n) is 2.43. The van der Waals surface area contributed by atoms with E-state index >= 15 is 0 Å². The number of nitrogens with one attached hydrogen (secondary N) is 1. The summed E-state index contributed by atoms with van der Waals surface area (Å²) in [5.74, 6) is -0.255. The number of amides is 2. The minimum Gasteiger partial charge on any atom is -0.355 e. The maximum Gasteiger partial charge on any atom is 0.265 e. The van der Waals surface area contributed by atoms with Gasteiger partial charge in [-0.1, -0.05) is 11.6 Å². The topological polar surface area (TPSA) is 75.4 Å². The van der Waals surface area contributed by atoms with Crippen LogP contribution in [0.25, 0.3) is 0 Å². The Morgan fingerprint density at radius 1 is 1.55 bits per heavy atom. The highest BCUT2D eigenvalue weighted by molar-refractivity contribution is 7.13. The number of nitrogens with zero attached hydrogens (tertiary/aromatic N) is 1. The summed E-state index contributed by atoms with van der Waals surface area (Å²) in [7, 11) is 0. The van der Waals surface area contributed by atoms with Gasteiger partial charge in [-0.3, -0.25) is 9.59 Å². The maximum absolute atomic E-state index is 12.5. The third-order valence-electron chi connectivity index (χ3n) is 3.62. The molecule has 1 aliphatic heterocycles. The molecule has 3 N–H and O–H groups in total. The highest BCUT2D eigenvalue weighted by Crippen LogP contribution is 2.29. The summed E-state index contributed by atoms with van der Waals surface area (Å²) in [5, 5.41) is 5.20. The van der Waals surface area contributed by atoms with E-state index < -0.39 is 0 Å². The smallest absolute Gasteiger partial charge is 0.265 e. The van der Waals surface area contributed by atoms with E-state index in [2.05, 4.69) is 5.32 Å². The molecule has 0 bridgehead atoms. The van der Waals surface area contributed by atoms with Crippen molar-refractivity contribution in [2.45, 2.75) is 19.8 Å². The van der Waals surface area contributed by atoms with Gasteiger partial charge in [0.1, 0.15) is 4.88 Å².